The van der Waals surface area contributed by atoms with E-state index in [9.17, 15) is 4.79 Å². The maximum atomic E-state index is 12.0. The molecule has 0 bridgehead atoms. The average molecular weight is 234 g/mol. The molecule has 1 unspecified atom stereocenters. The summed E-state index contributed by atoms with van der Waals surface area (Å²) in [6, 6.07) is 0. The molecule has 5 heteroatoms. The number of aromatic nitrogens is 2. The van der Waals surface area contributed by atoms with E-state index >= 15 is 0 Å². The summed E-state index contributed by atoms with van der Waals surface area (Å²) in [4.78, 5) is 20.1. The van der Waals surface area contributed by atoms with Gasteiger partial charge < -0.3 is 11.1 Å². The molecule has 0 saturated heterocycles. The van der Waals surface area contributed by atoms with Crippen molar-refractivity contribution in [3.05, 3.63) is 23.8 Å². The molecular formula is C12H18N4O. The minimum Gasteiger partial charge on any atom is -0.344 e. The molecule has 1 aliphatic carbocycles. The van der Waals surface area contributed by atoms with Crippen molar-refractivity contribution < 1.29 is 4.79 Å². The number of nitrogens with zero attached hydrogens (tertiary/aromatic N) is 2. The predicted molar refractivity (Wildman–Crippen MR) is 64.4 cm³/mol. The first-order chi connectivity index (χ1) is 8.05. The maximum absolute atomic E-state index is 12.0. The first-order valence-electron chi connectivity index (χ1n) is 5.86. The van der Waals surface area contributed by atoms with Crippen molar-refractivity contribution in [1.29, 1.82) is 0 Å². The second-order valence-electron chi connectivity index (χ2n) is 4.89. The summed E-state index contributed by atoms with van der Waals surface area (Å²) in [5, 5.41) is 2.97. The Hall–Kier alpha value is -1.49. The number of carbonyl (C=O) groups is 1. The molecule has 5 nitrogen and oxygen atoms in total. The Bertz CT molecular complexity index is 413. The third-order valence-electron chi connectivity index (χ3n) is 3.32. The van der Waals surface area contributed by atoms with Crippen molar-refractivity contribution in [3.63, 3.8) is 0 Å². The Kier molecular flexibility index (Phi) is 3.11. The van der Waals surface area contributed by atoms with Gasteiger partial charge in [0.25, 0.3) is 5.91 Å². The van der Waals surface area contributed by atoms with Gasteiger partial charge in [0.2, 0.25) is 0 Å². The van der Waals surface area contributed by atoms with Crippen molar-refractivity contribution in [2.45, 2.75) is 32.2 Å². The largest absolute Gasteiger partial charge is 0.344 e. The second kappa shape index (κ2) is 4.41. The number of carbonyl (C=O) groups excluding carboxylic acids is 1. The van der Waals surface area contributed by atoms with Crippen molar-refractivity contribution in [2.24, 2.45) is 11.7 Å². The summed E-state index contributed by atoms with van der Waals surface area (Å²) in [6.07, 6.45) is 5.35. The third-order valence-corrected chi connectivity index (χ3v) is 3.32. The summed E-state index contributed by atoms with van der Waals surface area (Å²) in [7, 11) is 0. The molecule has 1 fully saturated rings. The molecular weight excluding hydrogens is 216 g/mol. The van der Waals surface area contributed by atoms with Crippen molar-refractivity contribution in [1.82, 2.24) is 15.3 Å². The highest BCUT2D eigenvalue weighted by Crippen LogP contribution is 2.39. The molecule has 0 aromatic carbocycles. The molecule has 1 heterocycles. The van der Waals surface area contributed by atoms with Crippen molar-refractivity contribution >= 4 is 5.91 Å². The van der Waals surface area contributed by atoms with Crippen LogP contribution >= 0.6 is 0 Å². The lowest BCUT2D eigenvalue weighted by Crippen LogP contribution is -2.53. The van der Waals surface area contributed by atoms with Gasteiger partial charge in [0.05, 0.1) is 17.4 Å². The fourth-order valence-corrected chi connectivity index (χ4v) is 1.87. The van der Waals surface area contributed by atoms with E-state index in [1.54, 1.807) is 6.20 Å². The first kappa shape index (κ1) is 12.0. The predicted octanol–water partition coefficient (Wildman–Crippen LogP) is 0.642. The number of aryl methyl sites for hydroxylation is 1. The Morgan fingerprint density at radius 3 is 2.71 bits per heavy atom. The van der Waals surface area contributed by atoms with Gasteiger partial charge in [-0.05, 0) is 32.6 Å². The van der Waals surface area contributed by atoms with Gasteiger partial charge in [0, 0.05) is 12.7 Å². The van der Waals surface area contributed by atoms with Gasteiger partial charge in [-0.3, -0.25) is 9.78 Å². The van der Waals surface area contributed by atoms with Crippen LogP contribution in [-0.2, 0) is 0 Å². The molecule has 0 aliphatic heterocycles. The van der Waals surface area contributed by atoms with Gasteiger partial charge in [-0.25, -0.2) is 4.98 Å². The minimum absolute atomic E-state index is 0.197. The fraction of sp³-hybridized carbons (Fsp3) is 0.583. The van der Waals surface area contributed by atoms with Crippen LogP contribution < -0.4 is 11.1 Å². The number of nitrogens with one attached hydrogen (secondary N) is 1. The van der Waals surface area contributed by atoms with E-state index in [2.05, 4.69) is 15.3 Å². The van der Waals surface area contributed by atoms with Gasteiger partial charge >= 0.3 is 0 Å². The Labute approximate surface area is 101 Å². The van der Waals surface area contributed by atoms with E-state index in [0.29, 0.717) is 18.2 Å². The summed E-state index contributed by atoms with van der Waals surface area (Å²) in [5.41, 5.74) is 6.57. The summed E-state index contributed by atoms with van der Waals surface area (Å²) in [6.45, 7) is 4.27. The molecule has 1 aliphatic rings. The van der Waals surface area contributed by atoms with Crippen LogP contribution in [0, 0.1) is 12.8 Å². The maximum Gasteiger partial charge on any atom is 0.271 e. The quantitative estimate of drug-likeness (QED) is 0.801. The van der Waals surface area contributed by atoms with E-state index in [4.69, 9.17) is 5.73 Å². The van der Waals surface area contributed by atoms with Gasteiger partial charge in [-0.15, -0.1) is 0 Å². The molecule has 0 spiro atoms. The standard InChI is InChI=1S/C12H18N4O/c1-8-5-15-10(6-14-8)11(17)16-12(2,7-13)9-3-4-9/h5-6,9H,3-4,7,13H2,1-2H3,(H,16,17). The lowest BCUT2D eigenvalue weighted by atomic mass is 9.96. The molecule has 1 aromatic heterocycles. The first-order valence-corrected chi connectivity index (χ1v) is 5.86. The highest BCUT2D eigenvalue weighted by molar-refractivity contribution is 5.92. The van der Waals surface area contributed by atoms with Crippen LogP contribution in [0.3, 0.4) is 0 Å². The highest BCUT2D eigenvalue weighted by Gasteiger charge is 2.41. The van der Waals surface area contributed by atoms with Crippen LogP contribution in [0.2, 0.25) is 0 Å². The normalized spacial score (nSPS) is 18.5. The summed E-state index contributed by atoms with van der Waals surface area (Å²) >= 11 is 0. The van der Waals surface area contributed by atoms with Crippen molar-refractivity contribution in [2.75, 3.05) is 6.54 Å². The number of nitrogens with two attached hydrogens (primary N) is 1. The zero-order chi connectivity index (χ0) is 12.5. The smallest absolute Gasteiger partial charge is 0.271 e. The summed E-state index contributed by atoms with van der Waals surface area (Å²) in [5.74, 6) is 0.298. The van der Waals surface area contributed by atoms with E-state index in [-0.39, 0.29) is 11.4 Å². The van der Waals surface area contributed by atoms with Gasteiger partial charge in [-0.2, -0.15) is 0 Å². The SMILES string of the molecule is Cc1cnc(C(=O)NC(C)(CN)C2CC2)cn1. The van der Waals surface area contributed by atoms with Crippen LogP contribution in [0.1, 0.15) is 35.9 Å². The number of amides is 1. The molecule has 0 radical (unpaired) electrons. The zero-order valence-electron chi connectivity index (χ0n) is 10.2. The molecule has 1 atom stereocenters. The van der Waals surface area contributed by atoms with Gasteiger partial charge in [-0.1, -0.05) is 0 Å². The Morgan fingerprint density at radius 2 is 2.24 bits per heavy atom. The van der Waals surface area contributed by atoms with Crippen LogP contribution in [0.15, 0.2) is 12.4 Å². The van der Waals surface area contributed by atoms with E-state index in [1.165, 1.54) is 6.20 Å². The third kappa shape index (κ3) is 2.61. The molecule has 92 valence electrons. The Balaban J connectivity index is 2.07. The second-order valence-corrected chi connectivity index (χ2v) is 4.89. The zero-order valence-corrected chi connectivity index (χ0v) is 10.2. The number of hydrogen-bond donors (Lipinski definition) is 2. The molecule has 1 saturated carbocycles. The molecule has 3 N–H and O–H groups in total. The van der Waals surface area contributed by atoms with Crippen LogP contribution in [0.4, 0.5) is 0 Å². The average Bonchev–Trinajstić information content (AvgIpc) is 3.13. The van der Waals surface area contributed by atoms with E-state index < -0.39 is 0 Å². The number of rotatable bonds is 4. The number of hydrogen-bond acceptors (Lipinski definition) is 4. The van der Waals surface area contributed by atoms with Gasteiger partial charge in [0.15, 0.2) is 0 Å². The lowest BCUT2D eigenvalue weighted by Gasteiger charge is -2.29. The van der Waals surface area contributed by atoms with Crippen LogP contribution in [-0.4, -0.2) is 28.0 Å². The lowest BCUT2D eigenvalue weighted by molar-refractivity contribution is 0.0892. The fourth-order valence-electron chi connectivity index (χ4n) is 1.87. The molecule has 17 heavy (non-hydrogen) atoms. The van der Waals surface area contributed by atoms with E-state index in [0.717, 1.165) is 18.5 Å². The topological polar surface area (TPSA) is 80.9 Å². The Morgan fingerprint density at radius 1 is 1.53 bits per heavy atom. The molecule has 1 aromatic rings. The molecule has 1 amide bonds. The van der Waals surface area contributed by atoms with Crippen LogP contribution in [0.25, 0.3) is 0 Å². The monoisotopic (exact) mass is 234 g/mol. The summed E-state index contributed by atoms with van der Waals surface area (Å²) < 4.78 is 0. The highest BCUT2D eigenvalue weighted by atomic mass is 16.2. The van der Waals surface area contributed by atoms with E-state index in [1.807, 2.05) is 13.8 Å². The molecule has 2 rings (SSSR count). The van der Waals surface area contributed by atoms with Crippen LogP contribution in [0.5, 0.6) is 0 Å². The van der Waals surface area contributed by atoms with Gasteiger partial charge in [0.1, 0.15) is 5.69 Å². The minimum atomic E-state index is -0.316. The van der Waals surface area contributed by atoms with Crippen molar-refractivity contribution in [3.8, 4) is 0 Å².